The van der Waals surface area contributed by atoms with Crippen LogP contribution >= 0.6 is 15.9 Å². The van der Waals surface area contributed by atoms with Crippen LogP contribution < -0.4 is 10.5 Å². The fourth-order valence-electron chi connectivity index (χ4n) is 2.07. The van der Waals surface area contributed by atoms with Crippen molar-refractivity contribution < 1.29 is 9.13 Å². The standard InChI is InChI=1S/C16H15BrFNO/c17-15-9-11(18)3-8-14(15)16(19)10-1-4-12(5-2-10)20-13-6-7-13/h1-5,8-9,13,16H,6-7,19H2. The predicted molar refractivity (Wildman–Crippen MR) is 80.2 cm³/mol. The highest BCUT2D eigenvalue weighted by Gasteiger charge is 2.23. The molecular formula is C16H15BrFNO. The molecule has 4 heteroatoms. The highest BCUT2D eigenvalue weighted by Crippen LogP contribution is 2.30. The molecule has 0 spiro atoms. The summed E-state index contributed by atoms with van der Waals surface area (Å²) in [4.78, 5) is 0. The molecule has 1 atom stereocenters. The number of benzene rings is 2. The molecule has 2 nitrogen and oxygen atoms in total. The van der Waals surface area contributed by atoms with E-state index < -0.39 is 0 Å². The van der Waals surface area contributed by atoms with Crippen LogP contribution in [0, 0.1) is 5.82 Å². The van der Waals surface area contributed by atoms with Gasteiger partial charge < -0.3 is 10.5 Å². The van der Waals surface area contributed by atoms with Crippen molar-refractivity contribution >= 4 is 15.9 Å². The zero-order valence-corrected chi connectivity index (χ0v) is 12.4. The van der Waals surface area contributed by atoms with E-state index in [0.29, 0.717) is 10.6 Å². The van der Waals surface area contributed by atoms with Crippen LogP contribution in [0.4, 0.5) is 4.39 Å². The van der Waals surface area contributed by atoms with Crippen LogP contribution in [-0.4, -0.2) is 6.10 Å². The molecule has 20 heavy (non-hydrogen) atoms. The molecule has 3 rings (SSSR count). The van der Waals surface area contributed by atoms with Crippen molar-refractivity contribution in [1.29, 1.82) is 0 Å². The van der Waals surface area contributed by atoms with Crippen molar-refractivity contribution in [1.82, 2.24) is 0 Å². The smallest absolute Gasteiger partial charge is 0.124 e. The van der Waals surface area contributed by atoms with Gasteiger partial charge in [-0.25, -0.2) is 4.39 Å². The molecule has 2 aromatic rings. The van der Waals surface area contributed by atoms with Crippen molar-refractivity contribution in [3.05, 3.63) is 63.9 Å². The first kappa shape index (κ1) is 13.6. The molecule has 0 amide bonds. The molecule has 2 N–H and O–H groups in total. The monoisotopic (exact) mass is 335 g/mol. The summed E-state index contributed by atoms with van der Waals surface area (Å²) in [6.45, 7) is 0. The first-order valence-electron chi connectivity index (χ1n) is 6.60. The van der Waals surface area contributed by atoms with Crippen LogP contribution in [0.25, 0.3) is 0 Å². The second kappa shape index (κ2) is 5.54. The number of rotatable bonds is 4. The van der Waals surface area contributed by atoms with Crippen molar-refractivity contribution in [3.8, 4) is 5.75 Å². The fourth-order valence-corrected chi connectivity index (χ4v) is 2.66. The van der Waals surface area contributed by atoms with Gasteiger partial charge in [-0.05, 0) is 48.2 Å². The summed E-state index contributed by atoms with van der Waals surface area (Å²) >= 11 is 3.36. The highest BCUT2D eigenvalue weighted by atomic mass is 79.9. The molecule has 0 heterocycles. The first-order valence-corrected chi connectivity index (χ1v) is 7.40. The SMILES string of the molecule is NC(c1ccc(OC2CC2)cc1)c1ccc(F)cc1Br. The number of nitrogens with two attached hydrogens (primary N) is 1. The van der Waals surface area contributed by atoms with Gasteiger partial charge >= 0.3 is 0 Å². The fraction of sp³-hybridized carbons (Fsp3) is 0.250. The van der Waals surface area contributed by atoms with E-state index in [2.05, 4.69) is 15.9 Å². The summed E-state index contributed by atoms with van der Waals surface area (Å²) in [5, 5.41) is 0. The maximum Gasteiger partial charge on any atom is 0.124 e. The Kier molecular flexibility index (Phi) is 3.76. The van der Waals surface area contributed by atoms with Crippen molar-refractivity contribution in [2.75, 3.05) is 0 Å². The molecule has 2 aromatic carbocycles. The molecule has 104 valence electrons. The maximum absolute atomic E-state index is 13.1. The van der Waals surface area contributed by atoms with E-state index in [1.165, 1.54) is 12.1 Å². The normalized spacial score (nSPS) is 15.9. The van der Waals surface area contributed by atoms with E-state index in [1.54, 1.807) is 6.07 Å². The summed E-state index contributed by atoms with van der Waals surface area (Å²) < 4.78 is 19.5. The van der Waals surface area contributed by atoms with Crippen LogP contribution in [0.3, 0.4) is 0 Å². The quantitative estimate of drug-likeness (QED) is 0.909. The summed E-state index contributed by atoms with van der Waals surface area (Å²) in [7, 11) is 0. The van der Waals surface area contributed by atoms with E-state index in [4.69, 9.17) is 10.5 Å². The molecule has 1 aliphatic carbocycles. The average Bonchev–Trinajstić information content (AvgIpc) is 3.23. The Morgan fingerprint density at radius 1 is 1.15 bits per heavy atom. The van der Waals surface area contributed by atoms with Gasteiger partial charge in [-0.15, -0.1) is 0 Å². The largest absolute Gasteiger partial charge is 0.490 e. The molecule has 0 radical (unpaired) electrons. The lowest BCUT2D eigenvalue weighted by molar-refractivity contribution is 0.303. The third kappa shape index (κ3) is 3.02. The lowest BCUT2D eigenvalue weighted by Gasteiger charge is -2.15. The van der Waals surface area contributed by atoms with E-state index in [9.17, 15) is 4.39 Å². The van der Waals surface area contributed by atoms with Gasteiger partial charge in [0.2, 0.25) is 0 Å². The van der Waals surface area contributed by atoms with E-state index in [0.717, 1.165) is 29.7 Å². The van der Waals surface area contributed by atoms with Gasteiger partial charge in [0.05, 0.1) is 12.1 Å². The number of halogens is 2. The van der Waals surface area contributed by atoms with Crippen molar-refractivity contribution in [2.45, 2.75) is 25.0 Å². The molecule has 1 saturated carbocycles. The van der Waals surface area contributed by atoms with E-state index in [-0.39, 0.29) is 11.9 Å². The molecule has 1 fully saturated rings. The Balaban J connectivity index is 1.80. The molecule has 1 unspecified atom stereocenters. The van der Waals surface area contributed by atoms with Gasteiger partial charge in [-0.3, -0.25) is 0 Å². The third-order valence-electron chi connectivity index (χ3n) is 3.36. The third-order valence-corrected chi connectivity index (χ3v) is 4.05. The minimum Gasteiger partial charge on any atom is -0.490 e. The zero-order chi connectivity index (χ0) is 14.1. The minimum atomic E-state index is -0.292. The van der Waals surface area contributed by atoms with Crippen LogP contribution in [0.5, 0.6) is 5.75 Å². The van der Waals surface area contributed by atoms with Crippen LogP contribution in [-0.2, 0) is 0 Å². The van der Waals surface area contributed by atoms with E-state index in [1.807, 2.05) is 24.3 Å². The van der Waals surface area contributed by atoms with Crippen molar-refractivity contribution in [2.24, 2.45) is 5.73 Å². The van der Waals surface area contributed by atoms with Gasteiger partial charge in [0, 0.05) is 4.47 Å². The summed E-state index contributed by atoms with van der Waals surface area (Å²) in [6.07, 6.45) is 2.67. The average molecular weight is 336 g/mol. The highest BCUT2D eigenvalue weighted by molar-refractivity contribution is 9.10. The topological polar surface area (TPSA) is 35.2 Å². The number of hydrogen-bond acceptors (Lipinski definition) is 2. The second-order valence-corrected chi connectivity index (χ2v) is 5.88. The summed E-state index contributed by atoms with van der Waals surface area (Å²) in [5.74, 6) is 0.600. The second-order valence-electron chi connectivity index (χ2n) is 5.03. The molecular weight excluding hydrogens is 321 g/mol. The summed E-state index contributed by atoms with van der Waals surface area (Å²) in [6, 6.07) is 12.1. The predicted octanol–water partition coefficient (Wildman–Crippen LogP) is 4.18. The Bertz CT molecular complexity index is 610. The van der Waals surface area contributed by atoms with Gasteiger partial charge in [0.25, 0.3) is 0 Å². The minimum absolute atomic E-state index is 0.277. The first-order chi connectivity index (χ1) is 9.63. The van der Waals surface area contributed by atoms with Gasteiger partial charge in [-0.1, -0.05) is 34.1 Å². The Morgan fingerprint density at radius 2 is 1.85 bits per heavy atom. The van der Waals surface area contributed by atoms with Crippen LogP contribution in [0.1, 0.15) is 30.0 Å². The van der Waals surface area contributed by atoms with E-state index >= 15 is 0 Å². The number of ether oxygens (including phenoxy) is 1. The Morgan fingerprint density at radius 3 is 2.45 bits per heavy atom. The summed E-state index contributed by atoms with van der Waals surface area (Å²) in [5.41, 5.74) is 8.07. The van der Waals surface area contributed by atoms with Gasteiger partial charge in [0.1, 0.15) is 11.6 Å². The van der Waals surface area contributed by atoms with Crippen LogP contribution in [0.2, 0.25) is 0 Å². The van der Waals surface area contributed by atoms with Crippen molar-refractivity contribution in [3.63, 3.8) is 0 Å². The lowest BCUT2D eigenvalue weighted by Crippen LogP contribution is -2.12. The zero-order valence-electron chi connectivity index (χ0n) is 10.9. The number of hydrogen-bond donors (Lipinski definition) is 1. The molecule has 1 aliphatic rings. The Hall–Kier alpha value is -1.39. The van der Waals surface area contributed by atoms with Gasteiger partial charge in [0.15, 0.2) is 0 Å². The molecule has 0 bridgehead atoms. The molecule has 0 saturated heterocycles. The van der Waals surface area contributed by atoms with Gasteiger partial charge in [-0.2, -0.15) is 0 Å². The lowest BCUT2D eigenvalue weighted by atomic mass is 9.99. The molecule has 0 aliphatic heterocycles. The Labute approximate surface area is 125 Å². The molecule has 0 aromatic heterocycles. The maximum atomic E-state index is 13.1. The van der Waals surface area contributed by atoms with Crippen LogP contribution in [0.15, 0.2) is 46.9 Å².